The van der Waals surface area contributed by atoms with Crippen LogP contribution in [0.5, 0.6) is 0 Å². The predicted molar refractivity (Wildman–Crippen MR) is 141 cm³/mol. The van der Waals surface area contributed by atoms with Crippen LogP contribution >= 0.6 is 0 Å². The molecule has 0 saturated carbocycles. The van der Waals surface area contributed by atoms with Gasteiger partial charge in [-0.05, 0) is 36.4 Å². The number of urea groups is 1. The first-order valence-corrected chi connectivity index (χ1v) is 16.1. The van der Waals surface area contributed by atoms with Crippen molar-refractivity contribution in [2.45, 2.75) is 38.5 Å². The summed E-state index contributed by atoms with van der Waals surface area (Å²) in [4.78, 5) is 34.4. The van der Waals surface area contributed by atoms with Crippen LogP contribution in [-0.2, 0) is 18.5 Å². The molecule has 4 heterocycles. The molecule has 5 rings (SSSR count). The van der Waals surface area contributed by atoms with Crippen LogP contribution in [0.25, 0.3) is 22.6 Å². The zero-order valence-corrected chi connectivity index (χ0v) is 22.3. The van der Waals surface area contributed by atoms with Gasteiger partial charge in [-0.1, -0.05) is 19.6 Å². The maximum absolute atomic E-state index is 13.2. The number of aromatic nitrogens is 3. The lowest BCUT2D eigenvalue weighted by atomic mass is 10.2. The third-order valence-corrected chi connectivity index (χ3v) is 8.76. The van der Waals surface area contributed by atoms with Gasteiger partial charge in [0.2, 0.25) is 0 Å². The molecule has 11 heteroatoms. The molecule has 1 unspecified atom stereocenters. The lowest BCUT2D eigenvalue weighted by molar-refractivity contribution is 0.0909. The first-order chi connectivity index (χ1) is 17.1. The van der Waals surface area contributed by atoms with Crippen molar-refractivity contribution in [1.82, 2.24) is 23.9 Å². The first-order valence-electron chi connectivity index (χ1n) is 12.4. The molecule has 2 saturated heterocycles. The third kappa shape index (κ3) is 4.60. The van der Waals surface area contributed by atoms with Gasteiger partial charge < -0.3 is 24.2 Å². The molecule has 10 nitrogen and oxygen atoms in total. The van der Waals surface area contributed by atoms with Crippen LogP contribution < -0.4 is 4.90 Å². The average Bonchev–Trinajstić information content (AvgIpc) is 3.50. The van der Waals surface area contributed by atoms with Crippen molar-refractivity contribution in [3.63, 3.8) is 0 Å². The van der Waals surface area contributed by atoms with Gasteiger partial charge in [-0.2, -0.15) is 0 Å². The van der Waals surface area contributed by atoms with Crippen LogP contribution in [0.2, 0.25) is 25.7 Å². The molecule has 0 bridgehead atoms. The molecular weight excluding hydrogens is 476 g/mol. The molecule has 2 aliphatic heterocycles. The molecule has 0 aliphatic carbocycles. The SMILES string of the molecule is Cn1cccc1-c1nc2cc(N3CC4CN(C(=O)O)CCN4C3=O)ccc2n1COCC[Si](C)(C)C. The third-order valence-electron chi connectivity index (χ3n) is 7.06. The van der Waals surface area contributed by atoms with Crippen LogP contribution in [0, 0.1) is 0 Å². The molecule has 2 aromatic heterocycles. The molecular formula is C25H34N6O4Si. The fourth-order valence-electron chi connectivity index (χ4n) is 4.94. The summed E-state index contributed by atoms with van der Waals surface area (Å²) in [5, 5.41) is 9.36. The van der Waals surface area contributed by atoms with E-state index in [4.69, 9.17) is 9.72 Å². The number of ether oxygens (including phenoxy) is 1. The zero-order valence-electron chi connectivity index (χ0n) is 21.3. The lowest BCUT2D eigenvalue weighted by Gasteiger charge is -2.34. The predicted octanol–water partition coefficient (Wildman–Crippen LogP) is 3.96. The van der Waals surface area contributed by atoms with Crippen molar-refractivity contribution in [2.75, 3.05) is 37.7 Å². The van der Waals surface area contributed by atoms with E-state index in [0.717, 1.165) is 34.3 Å². The summed E-state index contributed by atoms with van der Waals surface area (Å²) < 4.78 is 10.2. The molecule has 2 fully saturated rings. The Morgan fingerprint density at radius 1 is 1.19 bits per heavy atom. The van der Waals surface area contributed by atoms with Gasteiger partial charge in [0, 0.05) is 59.8 Å². The van der Waals surface area contributed by atoms with Crippen molar-refractivity contribution < 1.29 is 19.4 Å². The number of fused-ring (bicyclic) bond motifs is 2. The number of imidazole rings is 1. The Hall–Kier alpha value is -3.31. The second-order valence-corrected chi connectivity index (χ2v) is 16.5. The maximum atomic E-state index is 13.2. The van der Waals surface area contributed by atoms with Crippen molar-refractivity contribution in [2.24, 2.45) is 7.05 Å². The minimum atomic E-state index is -1.19. The molecule has 0 radical (unpaired) electrons. The minimum Gasteiger partial charge on any atom is -0.465 e. The molecule has 1 aromatic carbocycles. The van der Waals surface area contributed by atoms with Crippen molar-refractivity contribution >= 4 is 36.9 Å². The van der Waals surface area contributed by atoms with Crippen LogP contribution in [-0.4, -0.2) is 88.1 Å². The van der Waals surface area contributed by atoms with Crippen LogP contribution in [0.3, 0.4) is 0 Å². The summed E-state index contributed by atoms with van der Waals surface area (Å²) in [6.07, 6.45) is 1.06. The summed E-state index contributed by atoms with van der Waals surface area (Å²) in [6, 6.07) is 10.8. The lowest BCUT2D eigenvalue weighted by Crippen LogP contribution is -2.53. The van der Waals surface area contributed by atoms with E-state index in [1.165, 1.54) is 4.90 Å². The number of nitrogens with zero attached hydrogens (tertiary/aromatic N) is 6. The molecule has 36 heavy (non-hydrogen) atoms. The summed E-state index contributed by atoms with van der Waals surface area (Å²) in [5.41, 5.74) is 3.50. The minimum absolute atomic E-state index is 0.0823. The Morgan fingerprint density at radius 3 is 2.69 bits per heavy atom. The Morgan fingerprint density at radius 2 is 2.00 bits per heavy atom. The number of hydrogen-bond donors (Lipinski definition) is 1. The summed E-state index contributed by atoms with van der Waals surface area (Å²) in [7, 11) is 0.803. The highest BCUT2D eigenvalue weighted by molar-refractivity contribution is 6.76. The van der Waals surface area contributed by atoms with E-state index >= 15 is 0 Å². The van der Waals surface area contributed by atoms with Crippen molar-refractivity contribution in [3.05, 3.63) is 36.5 Å². The molecule has 3 amide bonds. The number of aryl methyl sites for hydroxylation is 1. The molecule has 192 valence electrons. The fraction of sp³-hybridized carbons (Fsp3) is 0.480. The van der Waals surface area contributed by atoms with E-state index in [0.29, 0.717) is 39.5 Å². The van der Waals surface area contributed by atoms with E-state index in [2.05, 4.69) is 24.2 Å². The van der Waals surface area contributed by atoms with Gasteiger partial charge in [0.25, 0.3) is 0 Å². The van der Waals surface area contributed by atoms with Crippen molar-refractivity contribution in [1.29, 1.82) is 0 Å². The molecule has 3 aromatic rings. The highest BCUT2D eigenvalue weighted by Gasteiger charge is 2.42. The van der Waals surface area contributed by atoms with E-state index < -0.39 is 14.2 Å². The second kappa shape index (κ2) is 9.29. The second-order valence-electron chi connectivity index (χ2n) is 10.9. The number of amides is 3. The van der Waals surface area contributed by atoms with E-state index in [9.17, 15) is 14.7 Å². The largest absolute Gasteiger partial charge is 0.465 e. The van der Waals surface area contributed by atoms with Gasteiger partial charge in [0.15, 0.2) is 5.82 Å². The Bertz CT molecular complexity index is 1300. The monoisotopic (exact) mass is 510 g/mol. The van der Waals surface area contributed by atoms with Gasteiger partial charge in [0.1, 0.15) is 6.73 Å². The Labute approximate surface area is 211 Å². The topological polar surface area (TPSA) is 96.1 Å². The smallest absolute Gasteiger partial charge is 0.407 e. The number of rotatable bonds is 7. The normalized spacial score (nSPS) is 18.4. The van der Waals surface area contributed by atoms with Crippen LogP contribution in [0.15, 0.2) is 36.5 Å². The first kappa shape index (κ1) is 24.4. The number of carboxylic acid groups (broad SMARTS) is 1. The van der Waals surface area contributed by atoms with E-state index in [-0.39, 0.29) is 12.1 Å². The molecule has 1 atom stereocenters. The number of anilines is 1. The fourth-order valence-corrected chi connectivity index (χ4v) is 5.69. The highest BCUT2D eigenvalue weighted by atomic mass is 28.3. The summed E-state index contributed by atoms with van der Waals surface area (Å²) in [5.74, 6) is 0.824. The molecule has 0 spiro atoms. The average molecular weight is 511 g/mol. The molecule has 2 aliphatic rings. The van der Waals surface area contributed by atoms with E-state index in [1.807, 2.05) is 48.1 Å². The highest BCUT2D eigenvalue weighted by Crippen LogP contribution is 2.31. The number of piperazine rings is 1. The Balaban J connectivity index is 1.43. The van der Waals surface area contributed by atoms with Gasteiger partial charge in [-0.15, -0.1) is 0 Å². The van der Waals surface area contributed by atoms with Gasteiger partial charge in [-0.25, -0.2) is 14.6 Å². The maximum Gasteiger partial charge on any atom is 0.407 e. The van der Waals surface area contributed by atoms with Crippen LogP contribution in [0.4, 0.5) is 15.3 Å². The van der Waals surface area contributed by atoms with Gasteiger partial charge in [-0.3, -0.25) is 9.47 Å². The zero-order chi connectivity index (χ0) is 25.6. The van der Waals surface area contributed by atoms with E-state index in [1.54, 1.807) is 9.80 Å². The molecule has 1 N–H and O–H groups in total. The number of hydrogen-bond acceptors (Lipinski definition) is 4. The Kier molecular flexibility index (Phi) is 6.29. The summed E-state index contributed by atoms with van der Waals surface area (Å²) >= 11 is 0. The van der Waals surface area contributed by atoms with Gasteiger partial charge in [0.05, 0.1) is 22.8 Å². The van der Waals surface area contributed by atoms with Crippen LogP contribution in [0.1, 0.15) is 0 Å². The number of benzene rings is 1. The standard InChI is InChI=1S/C25H34N6O4Si/c1-27-9-5-6-22(27)23-26-20-14-18(7-8-21(20)31(23)17-35-12-13-36(2,3)4)30-16-19-15-28(25(33)34)10-11-29(19)24(30)32/h5-9,14,19H,10-13,15-17H2,1-4H3,(H,33,34). The summed E-state index contributed by atoms with van der Waals surface area (Å²) in [6.45, 7) is 9.68. The van der Waals surface area contributed by atoms with Crippen molar-refractivity contribution in [3.8, 4) is 11.5 Å². The number of carbonyl (C=O) groups excluding carboxylic acids is 1. The quantitative estimate of drug-likeness (QED) is 0.383. The number of carbonyl (C=O) groups is 2. The van der Waals surface area contributed by atoms with Gasteiger partial charge >= 0.3 is 12.1 Å².